The van der Waals surface area contributed by atoms with E-state index in [1.165, 1.54) is 22.3 Å². The predicted molar refractivity (Wildman–Crippen MR) is 66.4 cm³/mol. The fourth-order valence-electron chi connectivity index (χ4n) is 0.998. The fourth-order valence-corrected chi connectivity index (χ4v) is 0.998. The predicted octanol–water partition coefficient (Wildman–Crippen LogP) is 4.81. The Labute approximate surface area is 88.7 Å². The molecule has 14 heavy (non-hydrogen) atoms. The van der Waals surface area contributed by atoms with E-state index in [9.17, 15) is 0 Å². The van der Waals surface area contributed by atoms with Crippen LogP contribution in [0, 0.1) is 0 Å². The van der Waals surface area contributed by atoms with Crippen LogP contribution in [0.25, 0.3) is 0 Å². The van der Waals surface area contributed by atoms with Gasteiger partial charge in [0.15, 0.2) is 0 Å². The van der Waals surface area contributed by atoms with Crippen molar-refractivity contribution in [2.24, 2.45) is 0 Å². The van der Waals surface area contributed by atoms with Crippen molar-refractivity contribution in [3.8, 4) is 0 Å². The van der Waals surface area contributed by atoms with Gasteiger partial charge in [0.2, 0.25) is 0 Å². The van der Waals surface area contributed by atoms with Gasteiger partial charge in [0, 0.05) is 0 Å². The molecule has 0 aliphatic rings. The monoisotopic (exact) mass is 190 g/mol. The average Bonchev–Trinajstić information content (AvgIpc) is 2.01. The van der Waals surface area contributed by atoms with Gasteiger partial charge in [-0.3, -0.25) is 0 Å². The van der Waals surface area contributed by atoms with Crippen LogP contribution in [0.4, 0.5) is 0 Å². The molecule has 0 aromatic carbocycles. The quantitative estimate of drug-likeness (QED) is 0.560. The van der Waals surface area contributed by atoms with E-state index in [1.54, 1.807) is 0 Å². The summed E-state index contributed by atoms with van der Waals surface area (Å²) in [5, 5.41) is 0. The molecule has 0 heterocycles. The highest BCUT2D eigenvalue weighted by Crippen LogP contribution is 2.15. The van der Waals surface area contributed by atoms with Crippen LogP contribution in [0.15, 0.2) is 46.6 Å². The zero-order valence-electron chi connectivity index (χ0n) is 10.4. The summed E-state index contributed by atoms with van der Waals surface area (Å²) in [7, 11) is 0. The van der Waals surface area contributed by atoms with Gasteiger partial charge >= 0.3 is 0 Å². The van der Waals surface area contributed by atoms with Gasteiger partial charge in [-0.15, -0.1) is 0 Å². The smallest absolute Gasteiger partial charge is 0.0268 e. The van der Waals surface area contributed by atoms with E-state index in [4.69, 9.17) is 0 Å². The minimum absolute atomic E-state index is 1.13. The Bertz CT molecular complexity index is 301. The van der Waals surface area contributed by atoms with Crippen molar-refractivity contribution < 1.29 is 0 Å². The largest absolute Gasteiger partial charge is 0.0958 e. The van der Waals surface area contributed by atoms with E-state index < -0.39 is 0 Å². The molecule has 0 nitrogen and oxygen atoms in total. The summed E-state index contributed by atoms with van der Waals surface area (Å²) in [6.07, 6.45) is 4.41. The first-order chi connectivity index (χ1) is 6.34. The van der Waals surface area contributed by atoms with Crippen LogP contribution in [-0.2, 0) is 0 Å². The molecular formula is C14H22. The van der Waals surface area contributed by atoms with Gasteiger partial charge in [-0.2, -0.15) is 0 Å². The minimum atomic E-state index is 1.13. The highest BCUT2D eigenvalue weighted by molar-refractivity contribution is 5.41. The first kappa shape index (κ1) is 13.0. The van der Waals surface area contributed by atoms with E-state index in [0.717, 1.165) is 5.57 Å². The van der Waals surface area contributed by atoms with Gasteiger partial charge in [0.05, 0.1) is 0 Å². The van der Waals surface area contributed by atoms with Crippen molar-refractivity contribution in [2.75, 3.05) is 0 Å². The van der Waals surface area contributed by atoms with Crippen LogP contribution in [0.3, 0.4) is 0 Å². The fraction of sp³-hybridized carbons (Fsp3) is 0.429. The van der Waals surface area contributed by atoms with E-state index >= 15 is 0 Å². The molecular weight excluding hydrogens is 168 g/mol. The van der Waals surface area contributed by atoms with Crippen molar-refractivity contribution >= 4 is 0 Å². The molecule has 0 aromatic rings. The molecule has 0 rings (SSSR count). The molecule has 0 bridgehead atoms. The SMILES string of the molecule is C=C(C)/C(C)=C/C(C=C(C)C)=C(C)C. The molecule has 0 saturated carbocycles. The highest BCUT2D eigenvalue weighted by Gasteiger charge is 1.95. The van der Waals surface area contributed by atoms with Gasteiger partial charge in [0.25, 0.3) is 0 Å². The summed E-state index contributed by atoms with van der Waals surface area (Å²) >= 11 is 0. The van der Waals surface area contributed by atoms with Crippen LogP contribution in [0.5, 0.6) is 0 Å². The second kappa shape index (κ2) is 5.64. The molecule has 0 radical (unpaired) electrons. The summed E-state index contributed by atoms with van der Waals surface area (Å²) in [5.41, 5.74) is 6.34. The maximum atomic E-state index is 3.94. The lowest BCUT2D eigenvalue weighted by atomic mass is 10.0. The Balaban J connectivity index is 5.11. The summed E-state index contributed by atoms with van der Waals surface area (Å²) in [6.45, 7) is 16.6. The topological polar surface area (TPSA) is 0 Å². The lowest BCUT2D eigenvalue weighted by molar-refractivity contribution is 1.28. The van der Waals surface area contributed by atoms with Gasteiger partial charge in [-0.25, -0.2) is 0 Å². The normalized spacial score (nSPS) is 10.9. The van der Waals surface area contributed by atoms with Gasteiger partial charge in [-0.1, -0.05) is 35.5 Å². The third-order valence-corrected chi connectivity index (χ3v) is 2.07. The zero-order chi connectivity index (χ0) is 11.3. The van der Waals surface area contributed by atoms with Gasteiger partial charge in [0.1, 0.15) is 0 Å². The molecule has 0 heteroatoms. The van der Waals surface area contributed by atoms with Crippen molar-refractivity contribution in [3.63, 3.8) is 0 Å². The minimum Gasteiger partial charge on any atom is -0.0958 e. The Morgan fingerprint density at radius 2 is 1.36 bits per heavy atom. The maximum absolute atomic E-state index is 3.94. The van der Waals surface area contributed by atoms with Crippen molar-refractivity contribution in [1.82, 2.24) is 0 Å². The Morgan fingerprint density at radius 1 is 0.857 bits per heavy atom. The zero-order valence-corrected chi connectivity index (χ0v) is 10.4. The van der Waals surface area contributed by atoms with E-state index in [0.29, 0.717) is 0 Å². The van der Waals surface area contributed by atoms with Crippen LogP contribution >= 0.6 is 0 Å². The van der Waals surface area contributed by atoms with E-state index in [1.807, 2.05) is 6.92 Å². The number of rotatable bonds is 3. The van der Waals surface area contributed by atoms with Crippen LogP contribution in [0.2, 0.25) is 0 Å². The average molecular weight is 190 g/mol. The molecule has 0 spiro atoms. The van der Waals surface area contributed by atoms with E-state index in [-0.39, 0.29) is 0 Å². The third-order valence-electron chi connectivity index (χ3n) is 2.07. The maximum Gasteiger partial charge on any atom is -0.0268 e. The van der Waals surface area contributed by atoms with Crippen molar-refractivity contribution in [3.05, 3.63) is 46.6 Å². The molecule has 0 atom stereocenters. The first-order valence-corrected chi connectivity index (χ1v) is 5.01. The van der Waals surface area contributed by atoms with Crippen LogP contribution in [-0.4, -0.2) is 0 Å². The standard InChI is InChI=1S/C14H22/c1-10(2)8-14(12(5)6)9-13(7)11(3)4/h8-9H,3H2,1-2,4-7H3/b13-9+. The Hall–Kier alpha value is -1.04. The summed E-state index contributed by atoms with van der Waals surface area (Å²) in [4.78, 5) is 0. The van der Waals surface area contributed by atoms with Crippen LogP contribution in [0.1, 0.15) is 41.5 Å². The molecule has 0 unspecified atom stereocenters. The Kier molecular flexibility index (Phi) is 5.22. The summed E-state index contributed by atoms with van der Waals surface area (Å²) in [6, 6.07) is 0. The molecule has 0 saturated heterocycles. The molecule has 0 aromatic heterocycles. The summed E-state index contributed by atoms with van der Waals surface area (Å²) < 4.78 is 0. The molecule has 0 amide bonds. The van der Waals surface area contributed by atoms with Crippen molar-refractivity contribution in [2.45, 2.75) is 41.5 Å². The van der Waals surface area contributed by atoms with Gasteiger partial charge in [-0.05, 0) is 52.7 Å². The molecule has 0 fully saturated rings. The molecule has 0 N–H and O–H groups in total. The summed E-state index contributed by atoms with van der Waals surface area (Å²) in [5.74, 6) is 0. The second-order valence-electron chi connectivity index (χ2n) is 4.28. The molecule has 78 valence electrons. The van der Waals surface area contributed by atoms with Gasteiger partial charge < -0.3 is 0 Å². The molecule has 0 aliphatic heterocycles. The van der Waals surface area contributed by atoms with E-state index in [2.05, 4.69) is 53.3 Å². The number of allylic oxidation sites excluding steroid dienone is 7. The number of hydrogen-bond donors (Lipinski definition) is 0. The Morgan fingerprint density at radius 3 is 1.64 bits per heavy atom. The lowest BCUT2D eigenvalue weighted by Gasteiger charge is -2.04. The van der Waals surface area contributed by atoms with Crippen molar-refractivity contribution in [1.29, 1.82) is 0 Å². The third kappa shape index (κ3) is 4.86. The molecule has 0 aliphatic carbocycles. The second-order valence-corrected chi connectivity index (χ2v) is 4.28. The first-order valence-electron chi connectivity index (χ1n) is 5.01. The lowest BCUT2D eigenvalue weighted by Crippen LogP contribution is -1.83. The highest BCUT2D eigenvalue weighted by atomic mass is 14.0. The van der Waals surface area contributed by atoms with Crippen LogP contribution < -0.4 is 0 Å². The number of hydrogen-bond acceptors (Lipinski definition) is 0.